The average Bonchev–Trinajstić information content (AvgIpc) is 2.10. The molecule has 1 amide bonds. The number of aromatic amines is 1. The molecule has 0 aliphatic rings. The highest BCUT2D eigenvalue weighted by Gasteiger charge is 2.07. The molecule has 1 aromatic rings. The summed E-state index contributed by atoms with van der Waals surface area (Å²) < 4.78 is 0.724. The van der Waals surface area contributed by atoms with Crippen molar-refractivity contribution in [1.82, 2.24) is 4.98 Å². The number of carbonyl (C=O) groups is 1. The monoisotopic (exact) mass is 272 g/mol. The molecule has 4 nitrogen and oxygen atoms in total. The van der Waals surface area contributed by atoms with Gasteiger partial charge in [0.1, 0.15) is 5.69 Å². The predicted octanol–water partition coefficient (Wildman–Crippen LogP) is 2.12. The fourth-order valence-electron chi connectivity index (χ4n) is 1.12. The number of aromatic nitrogens is 1. The van der Waals surface area contributed by atoms with Crippen LogP contribution in [0.1, 0.15) is 20.3 Å². The van der Waals surface area contributed by atoms with Crippen LogP contribution in [0.2, 0.25) is 0 Å². The van der Waals surface area contributed by atoms with Gasteiger partial charge in [0.05, 0.1) is 0 Å². The maximum atomic E-state index is 11.4. The maximum absolute atomic E-state index is 11.4. The van der Waals surface area contributed by atoms with Crippen molar-refractivity contribution in [2.24, 2.45) is 5.92 Å². The van der Waals surface area contributed by atoms with Crippen LogP contribution in [0.25, 0.3) is 0 Å². The Morgan fingerprint density at radius 1 is 1.60 bits per heavy atom. The van der Waals surface area contributed by atoms with E-state index in [0.29, 0.717) is 6.42 Å². The smallest absolute Gasteiger partial charge is 0.271 e. The molecule has 0 fully saturated rings. The zero-order valence-corrected chi connectivity index (χ0v) is 10.2. The van der Waals surface area contributed by atoms with E-state index in [0.717, 1.165) is 4.47 Å². The minimum absolute atomic E-state index is 0.145. The normalized spacial score (nSPS) is 10.4. The van der Waals surface area contributed by atoms with Crippen molar-refractivity contribution in [3.8, 4) is 0 Å². The van der Waals surface area contributed by atoms with Crippen LogP contribution in [-0.4, -0.2) is 10.9 Å². The molecule has 0 saturated heterocycles. The third-order valence-electron chi connectivity index (χ3n) is 1.74. The molecule has 0 aliphatic carbocycles. The molecule has 0 saturated carbocycles. The van der Waals surface area contributed by atoms with E-state index in [1.54, 1.807) is 6.07 Å². The second-order valence-corrected chi connectivity index (χ2v) is 4.62. The van der Waals surface area contributed by atoms with Gasteiger partial charge in [-0.25, -0.2) is 0 Å². The zero-order valence-electron chi connectivity index (χ0n) is 8.63. The van der Waals surface area contributed by atoms with Crippen LogP contribution in [0, 0.1) is 5.92 Å². The van der Waals surface area contributed by atoms with E-state index in [2.05, 4.69) is 26.2 Å². The first-order chi connectivity index (χ1) is 6.99. The Morgan fingerprint density at radius 2 is 2.27 bits per heavy atom. The van der Waals surface area contributed by atoms with E-state index >= 15 is 0 Å². The van der Waals surface area contributed by atoms with Gasteiger partial charge in [0.15, 0.2) is 0 Å². The number of rotatable bonds is 3. The zero-order chi connectivity index (χ0) is 11.4. The van der Waals surface area contributed by atoms with Gasteiger partial charge in [0.2, 0.25) is 5.91 Å². The molecule has 1 rings (SSSR count). The summed E-state index contributed by atoms with van der Waals surface area (Å²) in [5.41, 5.74) is -0.0228. The van der Waals surface area contributed by atoms with Gasteiger partial charge in [0, 0.05) is 17.1 Å². The van der Waals surface area contributed by atoms with Crippen LogP contribution < -0.4 is 10.9 Å². The number of hydrogen-bond acceptors (Lipinski definition) is 2. The lowest BCUT2D eigenvalue weighted by Crippen LogP contribution is -2.20. The van der Waals surface area contributed by atoms with E-state index < -0.39 is 0 Å². The first-order valence-electron chi connectivity index (χ1n) is 4.67. The highest BCUT2D eigenvalue weighted by atomic mass is 79.9. The van der Waals surface area contributed by atoms with Gasteiger partial charge in [-0.05, 0) is 27.9 Å². The summed E-state index contributed by atoms with van der Waals surface area (Å²) in [5, 5.41) is 2.57. The fraction of sp³-hybridized carbons (Fsp3) is 0.400. The molecule has 0 radical (unpaired) electrons. The van der Waals surface area contributed by atoms with Gasteiger partial charge in [-0.2, -0.15) is 0 Å². The van der Waals surface area contributed by atoms with E-state index in [9.17, 15) is 9.59 Å². The molecule has 1 heterocycles. The summed E-state index contributed by atoms with van der Waals surface area (Å²) in [4.78, 5) is 25.2. The lowest BCUT2D eigenvalue weighted by molar-refractivity contribution is -0.116. The van der Waals surface area contributed by atoms with Crippen molar-refractivity contribution in [1.29, 1.82) is 0 Å². The number of H-pyrrole nitrogens is 1. The van der Waals surface area contributed by atoms with Crippen LogP contribution >= 0.6 is 15.9 Å². The predicted molar refractivity (Wildman–Crippen MR) is 62.8 cm³/mol. The molecule has 2 N–H and O–H groups in total. The maximum Gasteiger partial charge on any atom is 0.271 e. The minimum atomic E-state index is -0.296. The van der Waals surface area contributed by atoms with Gasteiger partial charge in [0.25, 0.3) is 5.56 Å². The Kier molecular flexibility index (Phi) is 4.08. The number of carbonyl (C=O) groups excluding carboxylic acids is 1. The van der Waals surface area contributed by atoms with E-state index in [-0.39, 0.29) is 23.1 Å². The van der Waals surface area contributed by atoms with Crippen molar-refractivity contribution in [3.63, 3.8) is 0 Å². The molecule has 0 atom stereocenters. The summed E-state index contributed by atoms with van der Waals surface area (Å²) in [7, 11) is 0. The number of pyridine rings is 1. The highest BCUT2D eigenvalue weighted by Crippen LogP contribution is 2.11. The van der Waals surface area contributed by atoms with Crippen molar-refractivity contribution in [2.45, 2.75) is 20.3 Å². The van der Waals surface area contributed by atoms with E-state index in [1.807, 2.05) is 13.8 Å². The summed E-state index contributed by atoms with van der Waals surface area (Å²) in [6.07, 6.45) is 1.94. The highest BCUT2D eigenvalue weighted by molar-refractivity contribution is 9.10. The van der Waals surface area contributed by atoms with Crippen LogP contribution in [0.5, 0.6) is 0 Å². The van der Waals surface area contributed by atoms with Crippen LogP contribution in [0.4, 0.5) is 5.69 Å². The minimum Gasteiger partial charge on any atom is -0.326 e. The Bertz CT molecular complexity index is 412. The quantitative estimate of drug-likeness (QED) is 0.886. The van der Waals surface area contributed by atoms with Crippen molar-refractivity contribution < 1.29 is 4.79 Å². The summed E-state index contributed by atoms with van der Waals surface area (Å²) in [6.45, 7) is 3.90. The summed E-state index contributed by atoms with van der Waals surface area (Å²) >= 11 is 3.22. The van der Waals surface area contributed by atoms with Gasteiger partial charge < -0.3 is 10.3 Å². The molecule has 5 heteroatoms. The number of hydrogen-bond donors (Lipinski definition) is 2. The Labute approximate surface area is 96.2 Å². The lowest BCUT2D eigenvalue weighted by Gasteiger charge is -2.06. The van der Waals surface area contributed by atoms with Crippen LogP contribution in [-0.2, 0) is 4.79 Å². The SMILES string of the molecule is CC(C)CC(=O)Nc1cc(Br)c[nH]c1=O. The second kappa shape index (κ2) is 5.11. The first-order valence-corrected chi connectivity index (χ1v) is 5.46. The third kappa shape index (κ3) is 3.87. The topological polar surface area (TPSA) is 62.0 Å². The molecular formula is C10H13BrN2O2. The first kappa shape index (κ1) is 12.0. The largest absolute Gasteiger partial charge is 0.326 e. The van der Waals surface area contributed by atoms with Crippen molar-refractivity contribution in [2.75, 3.05) is 5.32 Å². The molecule has 15 heavy (non-hydrogen) atoms. The molecule has 0 bridgehead atoms. The van der Waals surface area contributed by atoms with Gasteiger partial charge >= 0.3 is 0 Å². The molecule has 82 valence electrons. The average molecular weight is 273 g/mol. The van der Waals surface area contributed by atoms with Gasteiger partial charge in [-0.1, -0.05) is 13.8 Å². The number of nitrogens with one attached hydrogen (secondary N) is 2. The third-order valence-corrected chi connectivity index (χ3v) is 2.19. The Hall–Kier alpha value is -1.10. The fourth-order valence-corrected chi connectivity index (χ4v) is 1.47. The summed E-state index contributed by atoms with van der Waals surface area (Å²) in [6, 6.07) is 1.58. The van der Waals surface area contributed by atoms with Gasteiger partial charge in [-0.15, -0.1) is 0 Å². The molecule has 1 aromatic heterocycles. The van der Waals surface area contributed by atoms with Crippen LogP contribution in [0.3, 0.4) is 0 Å². The molecule has 0 unspecified atom stereocenters. The van der Waals surface area contributed by atoms with Gasteiger partial charge in [-0.3, -0.25) is 9.59 Å². The standard InChI is InChI=1S/C10H13BrN2O2/c1-6(2)3-9(14)13-8-4-7(11)5-12-10(8)15/h4-6H,3H2,1-2H3,(H,12,15)(H,13,14). The molecule has 0 spiro atoms. The van der Waals surface area contributed by atoms with E-state index in [1.165, 1.54) is 6.20 Å². The van der Waals surface area contributed by atoms with Crippen molar-refractivity contribution in [3.05, 3.63) is 27.1 Å². The number of anilines is 1. The molecule has 0 aliphatic heterocycles. The Balaban J connectivity index is 2.76. The lowest BCUT2D eigenvalue weighted by atomic mass is 10.1. The number of halogens is 1. The molecular weight excluding hydrogens is 260 g/mol. The van der Waals surface area contributed by atoms with Crippen LogP contribution in [0.15, 0.2) is 21.5 Å². The summed E-state index contributed by atoms with van der Waals surface area (Å²) in [5.74, 6) is 0.129. The number of amides is 1. The van der Waals surface area contributed by atoms with Crippen molar-refractivity contribution >= 4 is 27.5 Å². The Morgan fingerprint density at radius 3 is 2.87 bits per heavy atom. The second-order valence-electron chi connectivity index (χ2n) is 3.71. The molecule has 0 aromatic carbocycles. The van der Waals surface area contributed by atoms with E-state index in [4.69, 9.17) is 0 Å².